The second-order valence-corrected chi connectivity index (χ2v) is 6.61. The van der Waals surface area contributed by atoms with E-state index in [2.05, 4.69) is 17.0 Å². The van der Waals surface area contributed by atoms with Crippen LogP contribution in [0.25, 0.3) is 11.3 Å². The molecular weight excluding hydrogens is 316 g/mol. The second kappa shape index (κ2) is 6.38. The number of piperidine rings is 1. The lowest BCUT2D eigenvalue weighted by Gasteiger charge is -2.35. The lowest BCUT2D eigenvalue weighted by Crippen LogP contribution is -2.38. The Morgan fingerprint density at radius 3 is 2.72 bits per heavy atom. The van der Waals surface area contributed by atoms with E-state index >= 15 is 0 Å². The van der Waals surface area contributed by atoms with Crippen LogP contribution >= 0.6 is 0 Å². The highest BCUT2D eigenvalue weighted by molar-refractivity contribution is 5.77. The Morgan fingerprint density at radius 1 is 1.24 bits per heavy atom. The van der Waals surface area contributed by atoms with Gasteiger partial charge in [0.25, 0.3) is 0 Å². The zero-order valence-corrected chi connectivity index (χ0v) is 14.2. The highest BCUT2D eigenvalue weighted by atomic mass is 16.5. The van der Waals surface area contributed by atoms with Crippen LogP contribution in [0.1, 0.15) is 29.5 Å². The molecule has 5 heteroatoms. The smallest absolute Gasteiger partial charge is 0.356 e. The molecule has 128 valence electrons. The Labute approximate surface area is 146 Å². The minimum absolute atomic E-state index is 0.133. The molecule has 2 aromatic rings. The molecule has 0 spiro atoms. The summed E-state index contributed by atoms with van der Waals surface area (Å²) in [5.41, 5.74) is 3.52. The third-order valence-electron chi connectivity index (χ3n) is 5.31. The van der Waals surface area contributed by atoms with Crippen molar-refractivity contribution in [3.63, 3.8) is 0 Å². The van der Waals surface area contributed by atoms with Crippen LogP contribution in [0.3, 0.4) is 0 Å². The minimum atomic E-state index is -0.540. The number of aryl methyl sites for hydroxylation is 1. The van der Waals surface area contributed by atoms with Crippen LogP contribution in [0, 0.1) is 11.3 Å². The molecule has 5 nitrogen and oxygen atoms in total. The van der Waals surface area contributed by atoms with Gasteiger partial charge in [-0.1, -0.05) is 24.3 Å². The van der Waals surface area contributed by atoms with E-state index in [9.17, 15) is 10.1 Å². The number of anilines is 1. The largest absolute Gasteiger partial charge is 0.421 e. The predicted octanol–water partition coefficient (Wildman–Crippen LogP) is 2.89. The summed E-state index contributed by atoms with van der Waals surface area (Å²) in [5, 5.41) is 9.56. The Hall–Kier alpha value is -2.58. The zero-order chi connectivity index (χ0) is 17.4. The van der Waals surface area contributed by atoms with Gasteiger partial charge in [-0.05, 0) is 31.2 Å². The fraction of sp³-hybridized carbons (Fsp3) is 0.400. The van der Waals surface area contributed by atoms with Crippen molar-refractivity contribution in [2.75, 3.05) is 25.1 Å². The van der Waals surface area contributed by atoms with E-state index in [0.717, 1.165) is 55.6 Å². The Bertz CT molecular complexity index is 902. The van der Waals surface area contributed by atoms with Gasteiger partial charge in [-0.15, -0.1) is 0 Å². The number of nitrogens with zero attached hydrogens (tertiary/aromatic N) is 2. The molecule has 0 unspecified atom stereocenters. The molecule has 0 radical (unpaired) electrons. The van der Waals surface area contributed by atoms with Gasteiger partial charge in [0.2, 0.25) is 0 Å². The standard InChI is InChI=1S/C20H20N2O3/c1-24-14-8-10-22(11-9-14)18-16-7-6-13-4-2-3-5-15(13)19(16)25-20(23)17(18)12-21/h2-5,14H,6-11H2,1H3. The number of ether oxygens (including phenoxy) is 1. The van der Waals surface area contributed by atoms with E-state index in [-0.39, 0.29) is 11.7 Å². The second-order valence-electron chi connectivity index (χ2n) is 6.61. The van der Waals surface area contributed by atoms with E-state index in [1.165, 1.54) is 5.56 Å². The Morgan fingerprint density at radius 2 is 2.00 bits per heavy atom. The lowest BCUT2D eigenvalue weighted by atomic mass is 9.87. The van der Waals surface area contributed by atoms with Crippen LogP contribution in [0.2, 0.25) is 0 Å². The summed E-state index contributed by atoms with van der Waals surface area (Å²) >= 11 is 0. The summed E-state index contributed by atoms with van der Waals surface area (Å²) in [6.45, 7) is 1.56. The maximum absolute atomic E-state index is 12.5. The van der Waals surface area contributed by atoms with Gasteiger partial charge < -0.3 is 14.1 Å². The molecule has 0 amide bonds. The molecule has 4 rings (SSSR count). The summed E-state index contributed by atoms with van der Waals surface area (Å²) in [6, 6.07) is 10.1. The zero-order valence-electron chi connectivity index (χ0n) is 14.2. The molecule has 0 N–H and O–H groups in total. The fourth-order valence-corrected chi connectivity index (χ4v) is 3.99. The Balaban J connectivity index is 1.86. The van der Waals surface area contributed by atoms with Crippen molar-refractivity contribution in [3.05, 3.63) is 51.4 Å². The van der Waals surface area contributed by atoms with Crippen LogP contribution < -0.4 is 10.5 Å². The normalized spacial score (nSPS) is 16.9. The molecule has 0 atom stereocenters. The summed E-state index contributed by atoms with van der Waals surface area (Å²) < 4.78 is 11.0. The number of benzene rings is 1. The highest BCUT2D eigenvalue weighted by Crippen LogP contribution is 2.39. The molecule has 1 aliphatic heterocycles. The van der Waals surface area contributed by atoms with Gasteiger partial charge in [-0.2, -0.15) is 5.26 Å². The minimum Gasteiger partial charge on any atom is -0.421 e. The van der Waals surface area contributed by atoms with E-state index in [4.69, 9.17) is 9.15 Å². The third kappa shape index (κ3) is 2.63. The average Bonchev–Trinajstić information content (AvgIpc) is 2.67. The van der Waals surface area contributed by atoms with Crippen LogP contribution in [-0.2, 0) is 17.6 Å². The van der Waals surface area contributed by atoms with Gasteiger partial charge in [-0.3, -0.25) is 0 Å². The number of nitriles is 1. The van der Waals surface area contributed by atoms with E-state index in [1.807, 2.05) is 18.2 Å². The SMILES string of the molecule is COC1CCN(c2c3c(oc(=O)c2C#N)-c2ccccc2CC3)CC1. The Kier molecular flexibility index (Phi) is 4.06. The molecule has 2 aliphatic rings. The van der Waals surface area contributed by atoms with Crippen LogP contribution in [0.5, 0.6) is 0 Å². The summed E-state index contributed by atoms with van der Waals surface area (Å²) in [5.74, 6) is 0.634. The average molecular weight is 336 g/mol. The topological polar surface area (TPSA) is 66.5 Å². The maximum Gasteiger partial charge on any atom is 0.356 e. The fourth-order valence-electron chi connectivity index (χ4n) is 3.99. The molecule has 0 saturated carbocycles. The number of hydrogen-bond donors (Lipinski definition) is 0. The first-order valence-corrected chi connectivity index (χ1v) is 8.69. The van der Waals surface area contributed by atoms with Crippen molar-refractivity contribution in [3.8, 4) is 17.4 Å². The summed E-state index contributed by atoms with van der Waals surface area (Å²) in [7, 11) is 1.73. The van der Waals surface area contributed by atoms with E-state index in [0.29, 0.717) is 5.76 Å². The van der Waals surface area contributed by atoms with Gasteiger partial charge in [0.15, 0.2) is 5.56 Å². The monoisotopic (exact) mass is 336 g/mol. The van der Waals surface area contributed by atoms with Gasteiger partial charge >= 0.3 is 5.63 Å². The number of fused-ring (bicyclic) bond motifs is 3. The van der Waals surface area contributed by atoms with Crippen molar-refractivity contribution in [1.82, 2.24) is 0 Å². The molecule has 1 aromatic carbocycles. The maximum atomic E-state index is 12.5. The molecule has 1 saturated heterocycles. The predicted molar refractivity (Wildman–Crippen MR) is 94.8 cm³/mol. The van der Waals surface area contributed by atoms with Crippen molar-refractivity contribution < 1.29 is 9.15 Å². The lowest BCUT2D eigenvalue weighted by molar-refractivity contribution is 0.0818. The van der Waals surface area contributed by atoms with Gasteiger partial charge in [0.1, 0.15) is 11.8 Å². The van der Waals surface area contributed by atoms with Crippen molar-refractivity contribution in [1.29, 1.82) is 5.26 Å². The van der Waals surface area contributed by atoms with Crippen LogP contribution in [0.15, 0.2) is 33.5 Å². The summed E-state index contributed by atoms with van der Waals surface area (Å²) in [4.78, 5) is 14.6. The molecule has 0 bridgehead atoms. The van der Waals surface area contributed by atoms with E-state index < -0.39 is 5.63 Å². The van der Waals surface area contributed by atoms with E-state index in [1.54, 1.807) is 7.11 Å². The third-order valence-corrected chi connectivity index (χ3v) is 5.31. The van der Waals surface area contributed by atoms with Gasteiger partial charge in [0.05, 0.1) is 11.8 Å². The van der Waals surface area contributed by atoms with Gasteiger partial charge in [-0.25, -0.2) is 4.79 Å². The molecule has 1 aliphatic carbocycles. The first kappa shape index (κ1) is 15.9. The quantitative estimate of drug-likeness (QED) is 0.843. The first-order valence-electron chi connectivity index (χ1n) is 8.69. The summed E-state index contributed by atoms with van der Waals surface area (Å²) in [6.07, 6.45) is 3.71. The molecule has 2 heterocycles. The van der Waals surface area contributed by atoms with Crippen molar-refractivity contribution >= 4 is 5.69 Å². The molecular formula is C20H20N2O3. The van der Waals surface area contributed by atoms with Crippen molar-refractivity contribution in [2.24, 2.45) is 0 Å². The number of hydrogen-bond acceptors (Lipinski definition) is 5. The van der Waals surface area contributed by atoms with Gasteiger partial charge in [0, 0.05) is 31.3 Å². The van der Waals surface area contributed by atoms with Crippen molar-refractivity contribution in [2.45, 2.75) is 31.8 Å². The molecule has 25 heavy (non-hydrogen) atoms. The number of methoxy groups -OCH3 is 1. The first-order chi connectivity index (χ1) is 12.2. The number of rotatable bonds is 2. The molecule has 1 fully saturated rings. The highest BCUT2D eigenvalue weighted by Gasteiger charge is 2.30. The molecule has 1 aromatic heterocycles. The van der Waals surface area contributed by atoms with Crippen LogP contribution in [-0.4, -0.2) is 26.3 Å². The van der Waals surface area contributed by atoms with Crippen LogP contribution in [0.4, 0.5) is 5.69 Å².